The molecule has 0 fully saturated rings. The SMILES string of the molecule is C=C(C)C(=O)O.C=C(C)C(=O)OCC(C)C.C=C(C)C(=O)OCCOc1ccccc1. The zero-order valence-corrected chi connectivity index (χ0v) is 19.1. The molecule has 0 unspecified atom stereocenters. The number of rotatable bonds is 9. The topological polar surface area (TPSA) is 99.1 Å². The van der Waals surface area contributed by atoms with Crippen LogP contribution in [-0.2, 0) is 23.9 Å². The minimum atomic E-state index is -0.935. The molecule has 0 saturated carbocycles. The van der Waals surface area contributed by atoms with Crippen LogP contribution in [0.4, 0.5) is 0 Å². The summed E-state index contributed by atoms with van der Waals surface area (Å²) >= 11 is 0. The predicted octanol–water partition coefficient (Wildman–Crippen LogP) is 4.59. The van der Waals surface area contributed by atoms with Gasteiger partial charge in [0.15, 0.2) is 0 Å². The van der Waals surface area contributed by atoms with Gasteiger partial charge in [0.25, 0.3) is 0 Å². The molecule has 0 saturated heterocycles. The van der Waals surface area contributed by atoms with Crippen LogP contribution in [0.1, 0.15) is 34.6 Å². The van der Waals surface area contributed by atoms with Crippen LogP contribution in [0.25, 0.3) is 0 Å². The van der Waals surface area contributed by atoms with E-state index in [4.69, 9.17) is 19.3 Å². The summed E-state index contributed by atoms with van der Waals surface area (Å²) in [5, 5.41) is 7.89. The second kappa shape index (κ2) is 17.5. The number of ether oxygens (including phenoxy) is 3. The van der Waals surface area contributed by atoms with E-state index in [9.17, 15) is 14.4 Å². The monoisotopic (exact) mass is 434 g/mol. The van der Waals surface area contributed by atoms with Crippen molar-refractivity contribution < 1.29 is 33.7 Å². The van der Waals surface area contributed by atoms with E-state index in [1.165, 1.54) is 6.92 Å². The first-order chi connectivity index (χ1) is 14.4. The first kappa shape index (κ1) is 29.8. The van der Waals surface area contributed by atoms with Gasteiger partial charge in [-0.25, -0.2) is 14.4 Å². The fourth-order valence-corrected chi connectivity index (χ4v) is 1.30. The third-order valence-electron chi connectivity index (χ3n) is 2.94. The molecule has 172 valence electrons. The van der Waals surface area contributed by atoms with Gasteiger partial charge in [0.1, 0.15) is 19.0 Å². The lowest BCUT2D eigenvalue weighted by molar-refractivity contribution is -0.140. The number of para-hydroxylation sites is 1. The minimum Gasteiger partial charge on any atom is -0.490 e. The van der Waals surface area contributed by atoms with Gasteiger partial charge >= 0.3 is 17.9 Å². The standard InChI is InChI=1S/C12H14O3.C8H14O2.C4H6O2/c1-10(2)12(13)15-9-8-14-11-6-4-3-5-7-11;1-6(2)5-10-8(9)7(3)4;1-3(2)4(5)6/h3-7H,1,8-9H2,2H3;6H,3,5H2,1-2,4H3;1H2,2H3,(H,5,6). The summed E-state index contributed by atoms with van der Waals surface area (Å²) < 4.78 is 15.0. The highest BCUT2D eigenvalue weighted by Gasteiger charge is 2.03. The van der Waals surface area contributed by atoms with Gasteiger partial charge in [0, 0.05) is 16.7 Å². The molecule has 31 heavy (non-hydrogen) atoms. The molecule has 0 aromatic heterocycles. The third kappa shape index (κ3) is 19.7. The zero-order valence-electron chi connectivity index (χ0n) is 19.1. The number of esters is 2. The molecule has 1 aromatic rings. The number of carbonyl (C=O) groups excluding carboxylic acids is 2. The zero-order chi connectivity index (χ0) is 24.4. The van der Waals surface area contributed by atoms with Gasteiger partial charge in [-0.05, 0) is 38.8 Å². The van der Waals surface area contributed by atoms with Crippen molar-refractivity contribution in [1.82, 2.24) is 0 Å². The summed E-state index contributed by atoms with van der Waals surface area (Å²) in [6.07, 6.45) is 0. The van der Waals surface area contributed by atoms with Crippen LogP contribution >= 0.6 is 0 Å². The van der Waals surface area contributed by atoms with E-state index in [1.54, 1.807) is 13.8 Å². The predicted molar refractivity (Wildman–Crippen MR) is 121 cm³/mol. The summed E-state index contributed by atoms with van der Waals surface area (Å²) in [6.45, 7) is 19.8. The maximum Gasteiger partial charge on any atom is 0.333 e. The van der Waals surface area contributed by atoms with E-state index in [-0.39, 0.29) is 24.1 Å². The second-order valence-corrected chi connectivity index (χ2v) is 6.94. The molecular weight excluding hydrogens is 400 g/mol. The van der Waals surface area contributed by atoms with Gasteiger partial charge in [-0.2, -0.15) is 0 Å². The Labute approximate surface area is 185 Å². The Kier molecular flexibility index (Phi) is 16.9. The van der Waals surface area contributed by atoms with Crippen molar-refractivity contribution >= 4 is 17.9 Å². The van der Waals surface area contributed by atoms with Gasteiger partial charge in [0.05, 0.1) is 6.61 Å². The van der Waals surface area contributed by atoms with Gasteiger partial charge in [-0.3, -0.25) is 0 Å². The number of carbonyl (C=O) groups is 3. The first-order valence-corrected chi connectivity index (χ1v) is 9.60. The van der Waals surface area contributed by atoms with Crippen LogP contribution in [0.15, 0.2) is 66.8 Å². The highest BCUT2D eigenvalue weighted by Crippen LogP contribution is 2.07. The molecule has 0 atom stereocenters. The van der Waals surface area contributed by atoms with Crippen LogP contribution in [0.3, 0.4) is 0 Å². The lowest BCUT2D eigenvalue weighted by atomic mass is 10.2. The van der Waals surface area contributed by atoms with E-state index < -0.39 is 5.97 Å². The molecule has 0 amide bonds. The Morgan fingerprint density at radius 1 is 0.839 bits per heavy atom. The number of hydrogen-bond acceptors (Lipinski definition) is 6. The maximum atomic E-state index is 11.0. The summed E-state index contributed by atoms with van der Waals surface area (Å²) in [4.78, 5) is 31.3. The van der Waals surface area contributed by atoms with E-state index in [0.717, 1.165) is 5.75 Å². The smallest absolute Gasteiger partial charge is 0.333 e. The number of benzene rings is 1. The molecule has 1 rings (SSSR count). The molecule has 0 spiro atoms. The number of carboxylic acid groups (broad SMARTS) is 1. The van der Waals surface area contributed by atoms with E-state index in [2.05, 4.69) is 19.7 Å². The lowest BCUT2D eigenvalue weighted by Crippen LogP contribution is -2.12. The van der Waals surface area contributed by atoms with Gasteiger partial charge in [-0.15, -0.1) is 0 Å². The minimum absolute atomic E-state index is 0.176. The maximum absolute atomic E-state index is 11.0. The number of aliphatic carboxylic acids is 1. The fourth-order valence-electron chi connectivity index (χ4n) is 1.30. The quantitative estimate of drug-likeness (QED) is 0.345. The number of carboxylic acids is 1. The Morgan fingerprint density at radius 2 is 1.29 bits per heavy atom. The van der Waals surface area contributed by atoms with Gasteiger partial charge < -0.3 is 19.3 Å². The Bertz CT molecular complexity index is 722. The van der Waals surface area contributed by atoms with Crippen LogP contribution in [0, 0.1) is 5.92 Å². The van der Waals surface area contributed by atoms with E-state index in [1.807, 2.05) is 44.2 Å². The highest BCUT2D eigenvalue weighted by atomic mass is 16.6. The Hall–Kier alpha value is -3.35. The first-order valence-electron chi connectivity index (χ1n) is 9.60. The average Bonchev–Trinajstić information content (AvgIpc) is 2.70. The van der Waals surface area contributed by atoms with Crippen molar-refractivity contribution in [1.29, 1.82) is 0 Å². The normalized spacial score (nSPS) is 9.10. The third-order valence-corrected chi connectivity index (χ3v) is 2.94. The largest absolute Gasteiger partial charge is 0.490 e. The Morgan fingerprint density at radius 3 is 1.68 bits per heavy atom. The summed E-state index contributed by atoms with van der Waals surface area (Å²) in [7, 11) is 0. The summed E-state index contributed by atoms with van der Waals surface area (Å²) in [5.41, 5.74) is 1.03. The van der Waals surface area contributed by atoms with Crippen LogP contribution in [0.5, 0.6) is 5.75 Å². The van der Waals surface area contributed by atoms with Crippen LogP contribution in [-0.4, -0.2) is 42.8 Å². The fraction of sp³-hybridized carbons (Fsp3) is 0.375. The summed E-state index contributed by atoms with van der Waals surface area (Å²) in [6, 6.07) is 9.37. The number of hydrogen-bond donors (Lipinski definition) is 1. The molecular formula is C24H34O7. The van der Waals surface area contributed by atoms with E-state index >= 15 is 0 Å². The van der Waals surface area contributed by atoms with Gasteiger partial charge in [0.2, 0.25) is 0 Å². The molecule has 0 heterocycles. The summed E-state index contributed by atoms with van der Waals surface area (Å²) in [5.74, 6) is -0.456. The van der Waals surface area contributed by atoms with Crippen molar-refractivity contribution in [2.45, 2.75) is 34.6 Å². The van der Waals surface area contributed by atoms with E-state index in [0.29, 0.717) is 30.3 Å². The van der Waals surface area contributed by atoms with Gasteiger partial charge in [-0.1, -0.05) is 51.8 Å². The molecule has 0 aliphatic heterocycles. The molecule has 7 nitrogen and oxygen atoms in total. The van der Waals surface area contributed by atoms with Crippen molar-refractivity contribution in [3.8, 4) is 5.75 Å². The van der Waals surface area contributed by atoms with Crippen molar-refractivity contribution in [2.75, 3.05) is 19.8 Å². The average molecular weight is 435 g/mol. The second-order valence-electron chi connectivity index (χ2n) is 6.94. The molecule has 7 heteroatoms. The molecule has 1 aromatic carbocycles. The van der Waals surface area contributed by atoms with Crippen molar-refractivity contribution in [2.24, 2.45) is 5.92 Å². The van der Waals surface area contributed by atoms with Crippen molar-refractivity contribution in [3.05, 3.63) is 66.8 Å². The lowest BCUT2D eigenvalue weighted by Gasteiger charge is -2.06. The van der Waals surface area contributed by atoms with Crippen molar-refractivity contribution in [3.63, 3.8) is 0 Å². The van der Waals surface area contributed by atoms with Crippen LogP contribution in [0.2, 0.25) is 0 Å². The molecule has 1 N–H and O–H groups in total. The molecule has 0 aliphatic rings. The van der Waals surface area contributed by atoms with Crippen LogP contribution < -0.4 is 4.74 Å². The highest BCUT2D eigenvalue weighted by molar-refractivity contribution is 5.87. The molecule has 0 radical (unpaired) electrons. The molecule has 0 bridgehead atoms. The Balaban J connectivity index is 0. The molecule has 0 aliphatic carbocycles.